The van der Waals surface area contributed by atoms with Crippen molar-refractivity contribution in [3.05, 3.63) is 106 Å². The van der Waals surface area contributed by atoms with Crippen LogP contribution >= 0.6 is 0 Å². The molecule has 270 valence electrons. The van der Waals surface area contributed by atoms with Crippen molar-refractivity contribution in [2.24, 2.45) is 0 Å². The number of hydrogen-bond donors (Lipinski definition) is 1. The van der Waals surface area contributed by atoms with E-state index in [1.54, 1.807) is 25.1 Å². The Bertz CT molecular complexity index is 2310. The van der Waals surface area contributed by atoms with Crippen molar-refractivity contribution in [2.45, 2.75) is 58.2 Å². The molecule has 0 fully saturated rings. The maximum atomic E-state index is 13.4. The Morgan fingerprint density at radius 2 is 1.42 bits per heavy atom. The minimum absolute atomic E-state index is 0.0142. The summed E-state index contributed by atoms with van der Waals surface area (Å²) in [6.45, 7) is 4.14. The Hall–Kier alpha value is -6.00. The molecule has 4 aromatic carbocycles. The molecule has 2 aromatic heterocycles. The molecule has 1 unspecified atom stereocenters. The van der Waals surface area contributed by atoms with Gasteiger partial charge in [0, 0.05) is 22.3 Å². The first-order valence-electron chi connectivity index (χ1n) is 17.3. The molecule has 6 aromatic rings. The highest BCUT2D eigenvalue weighted by Crippen LogP contribution is 2.40. The van der Waals surface area contributed by atoms with E-state index >= 15 is 0 Å². The van der Waals surface area contributed by atoms with Crippen molar-refractivity contribution >= 4 is 0 Å². The SMILES string of the molecule is CCOc1ccc(-c2nc(-c3cccc4c3CCC4)no2)cc1C#N.CCOc1ccc(-c2nc(-c3cccc4c3CCC4O)no2)cc1C(F)(F)F. The van der Waals surface area contributed by atoms with Gasteiger partial charge in [0.2, 0.25) is 11.6 Å². The molecule has 2 aliphatic carbocycles. The highest BCUT2D eigenvalue weighted by molar-refractivity contribution is 5.68. The van der Waals surface area contributed by atoms with Crippen LogP contribution in [0.3, 0.4) is 0 Å². The molecule has 53 heavy (non-hydrogen) atoms. The predicted molar refractivity (Wildman–Crippen MR) is 188 cm³/mol. The lowest BCUT2D eigenvalue weighted by Gasteiger charge is -2.13. The van der Waals surface area contributed by atoms with Crippen molar-refractivity contribution in [1.29, 1.82) is 5.26 Å². The first kappa shape index (κ1) is 35.4. The summed E-state index contributed by atoms with van der Waals surface area (Å²) in [6.07, 6.45) is -0.471. The topological polar surface area (TPSA) is 140 Å². The number of alkyl halides is 3. The van der Waals surface area contributed by atoms with Gasteiger partial charge < -0.3 is 23.6 Å². The van der Waals surface area contributed by atoms with Gasteiger partial charge in [-0.1, -0.05) is 46.7 Å². The van der Waals surface area contributed by atoms with Crippen LogP contribution in [0.4, 0.5) is 13.2 Å². The van der Waals surface area contributed by atoms with Gasteiger partial charge in [0.25, 0.3) is 11.8 Å². The molecule has 0 radical (unpaired) electrons. The van der Waals surface area contributed by atoms with Crippen molar-refractivity contribution in [2.75, 3.05) is 13.2 Å². The lowest BCUT2D eigenvalue weighted by atomic mass is 10.0. The van der Waals surface area contributed by atoms with Crippen LogP contribution in [0.25, 0.3) is 45.7 Å². The molecule has 1 N–H and O–H groups in total. The number of nitrogens with zero attached hydrogens (tertiary/aromatic N) is 5. The molecule has 0 aliphatic heterocycles. The van der Waals surface area contributed by atoms with E-state index in [1.807, 2.05) is 37.3 Å². The van der Waals surface area contributed by atoms with Crippen molar-refractivity contribution in [1.82, 2.24) is 20.3 Å². The van der Waals surface area contributed by atoms with Crippen LogP contribution in [0, 0.1) is 11.3 Å². The number of hydrogen-bond acceptors (Lipinski definition) is 10. The smallest absolute Gasteiger partial charge is 0.419 e. The van der Waals surface area contributed by atoms with E-state index < -0.39 is 17.8 Å². The number of aliphatic hydroxyl groups excluding tert-OH is 1. The maximum Gasteiger partial charge on any atom is 0.419 e. The van der Waals surface area contributed by atoms with Crippen LogP contribution in [0.2, 0.25) is 0 Å². The van der Waals surface area contributed by atoms with Crippen molar-refractivity contribution < 1.29 is 36.8 Å². The Balaban J connectivity index is 0.000000165. The number of benzene rings is 4. The van der Waals surface area contributed by atoms with Crippen molar-refractivity contribution in [3.63, 3.8) is 0 Å². The van der Waals surface area contributed by atoms with Gasteiger partial charge in [0.05, 0.1) is 30.4 Å². The van der Waals surface area contributed by atoms with E-state index in [4.69, 9.17) is 18.5 Å². The zero-order valence-corrected chi connectivity index (χ0v) is 28.9. The number of aliphatic hydroxyl groups is 1. The van der Waals surface area contributed by atoms with E-state index in [0.717, 1.165) is 35.6 Å². The van der Waals surface area contributed by atoms with Gasteiger partial charge in [-0.25, -0.2) is 0 Å². The predicted octanol–water partition coefficient (Wildman–Crippen LogP) is 8.96. The molecule has 10 nitrogen and oxygen atoms in total. The van der Waals surface area contributed by atoms with Gasteiger partial charge in [-0.3, -0.25) is 0 Å². The summed E-state index contributed by atoms with van der Waals surface area (Å²) in [4.78, 5) is 8.84. The molecule has 0 amide bonds. The number of nitriles is 1. The number of halogens is 3. The van der Waals surface area contributed by atoms with Crippen molar-refractivity contribution in [3.8, 4) is 63.3 Å². The minimum atomic E-state index is -4.57. The Morgan fingerprint density at radius 3 is 2.08 bits per heavy atom. The third kappa shape index (κ3) is 7.23. The summed E-state index contributed by atoms with van der Waals surface area (Å²) in [6, 6.07) is 22.8. The number of fused-ring (bicyclic) bond motifs is 2. The summed E-state index contributed by atoms with van der Waals surface area (Å²) in [5, 5.41) is 27.4. The summed E-state index contributed by atoms with van der Waals surface area (Å²) >= 11 is 0. The molecule has 0 bridgehead atoms. The zero-order chi connectivity index (χ0) is 37.1. The highest BCUT2D eigenvalue weighted by atomic mass is 19.4. The van der Waals surface area contributed by atoms with E-state index in [-0.39, 0.29) is 29.6 Å². The van der Waals surface area contributed by atoms with E-state index in [0.29, 0.717) is 53.6 Å². The van der Waals surface area contributed by atoms with Crippen LogP contribution in [0.5, 0.6) is 11.5 Å². The van der Waals surface area contributed by atoms with Gasteiger partial charge in [0.1, 0.15) is 17.6 Å². The Morgan fingerprint density at radius 1 is 0.792 bits per heavy atom. The molecule has 0 saturated heterocycles. The fourth-order valence-corrected chi connectivity index (χ4v) is 6.77. The molecule has 8 rings (SSSR count). The average Bonchev–Trinajstić information content (AvgIpc) is 3.99. The molecule has 2 aliphatic rings. The van der Waals surface area contributed by atoms with Crippen LogP contribution in [0.15, 0.2) is 81.8 Å². The van der Waals surface area contributed by atoms with E-state index in [1.165, 1.54) is 29.7 Å². The number of ether oxygens (including phenoxy) is 2. The quantitative estimate of drug-likeness (QED) is 0.162. The third-order valence-corrected chi connectivity index (χ3v) is 9.20. The second kappa shape index (κ2) is 14.9. The molecule has 13 heteroatoms. The van der Waals surface area contributed by atoms with Gasteiger partial charge in [-0.15, -0.1) is 0 Å². The Labute approximate surface area is 302 Å². The second-order valence-electron chi connectivity index (χ2n) is 12.5. The fourth-order valence-electron chi connectivity index (χ4n) is 6.77. The fraction of sp³-hybridized carbons (Fsp3) is 0.275. The summed E-state index contributed by atoms with van der Waals surface area (Å²) in [5.41, 5.74) is 6.64. The summed E-state index contributed by atoms with van der Waals surface area (Å²) < 4.78 is 61.3. The Kier molecular flexibility index (Phi) is 9.97. The summed E-state index contributed by atoms with van der Waals surface area (Å²) in [5.74, 6) is 1.59. The van der Waals surface area contributed by atoms with Crippen LogP contribution in [-0.4, -0.2) is 38.6 Å². The molecule has 0 saturated carbocycles. The first-order chi connectivity index (χ1) is 25.7. The standard InChI is InChI=1S/C20H17F3N2O3.C20H17N3O2/c1-2-27-17-9-6-11(10-15(17)20(21,22)23)19-24-18(25-28-19)14-5-3-4-13-12(14)7-8-16(13)26;1-2-24-18-10-9-14(11-15(18)12-21)20-22-19(23-25-20)17-8-4-6-13-5-3-7-16(13)17/h3-6,9-10,16,26H,2,7-8H2,1H3;4,6,8-11H,2-3,5,7H2,1H3. The van der Waals surface area contributed by atoms with Crippen LogP contribution in [-0.2, 0) is 25.4 Å². The first-order valence-corrected chi connectivity index (χ1v) is 17.3. The molecule has 1 atom stereocenters. The lowest BCUT2D eigenvalue weighted by Crippen LogP contribution is -2.08. The number of aromatic nitrogens is 4. The van der Waals surface area contributed by atoms with Gasteiger partial charge in [-0.05, 0) is 105 Å². The maximum absolute atomic E-state index is 13.4. The van der Waals surface area contributed by atoms with Gasteiger partial charge >= 0.3 is 6.18 Å². The summed E-state index contributed by atoms with van der Waals surface area (Å²) in [7, 11) is 0. The van der Waals surface area contributed by atoms with Gasteiger partial charge in [-0.2, -0.15) is 28.4 Å². The number of rotatable bonds is 8. The van der Waals surface area contributed by atoms with E-state index in [2.05, 4.69) is 32.4 Å². The van der Waals surface area contributed by atoms with E-state index in [9.17, 15) is 23.5 Å². The zero-order valence-electron chi connectivity index (χ0n) is 28.9. The third-order valence-electron chi connectivity index (χ3n) is 9.20. The lowest BCUT2D eigenvalue weighted by molar-refractivity contribution is -0.138. The van der Waals surface area contributed by atoms with Crippen LogP contribution < -0.4 is 9.47 Å². The molecular formula is C40H34F3N5O5. The van der Waals surface area contributed by atoms with Crippen LogP contribution in [0.1, 0.15) is 66.2 Å². The van der Waals surface area contributed by atoms with Gasteiger partial charge in [0.15, 0.2) is 0 Å². The molecule has 0 spiro atoms. The average molecular weight is 722 g/mol. The second-order valence-corrected chi connectivity index (χ2v) is 12.5. The molecule has 2 heterocycles. The monoisotopic (exact) mass is 721 g/mol. The minimum Gasteiger partial charge on any atom is -0.493 e. The largest absolute Gasteiger partial charge is 0.493 e. The normalized spacial score (nSPS) is 14.5. The molecular weight excluding hydrogens is 687 g/mol. The highest BCUT2D eigenvalue weighted by Gasteiger charge is 2.35. The number of aryl methyl sites for hydroxylation is 1.